The summed E-state index contributed by atoms with van der Waals surface area (Å²) in [7, 11) is -1.49. The molecule has 1 atom stereocenters. The molecule has 3 aromatic carbocycles. The van der Waals surface area contributed by atoms with Gasteiger partial charge < -0.3 is 29.2 Å². The van der Waals surface area contributed by atoms with Crippen molar-refractivity contribution >= 4 is 21.7 Å². The maximum atomic E-state index is 13.4. The fourth-order valence-electron chi connectivity index (χ4n) is 3.49. The van der Waals surface area contributed by atoms with Crippen LogP contribution in [0.1, 0.15) is 36.7 Å². The highest BCUT2D eigenvalue weighted by Gasteiger charge is 2.25. The van der Waals surface area contributed by atoms with Gasteiger partial charge in [0.2, 0.25) is 0 Å². The Morgan fingerprint density at radius 3 is 2.26 bits per heavy atom. The van der Waals surface area contributed by atoms with Crippen molar-refractivity contribution in [2.45, 2.75) is 37.2 Å². The van der Waals surface area contributed by atoms with Crippen LogP contribution in [0, 0.1) is 0 Å². The molecule has 0 heterocycles. The number of rotatable bonds is 11. The zero-order valence-electron chi connectivity index (χ0n) is 22.4. The average Bonchev–Trinajstić information content (AvgIpc) is 2.91. The van der Waals surface area contributed by atoms with Gasteiger partial charge in [-0.25, -0.2) is 13.2 Å². The molecule has 3 rings (SSSR count). The third-order valence-corrected chi connectivity index (χ3v) is 7.04. The maximum Gasteiger partial charge on any atom is 0.338 e. The first-order chi connectivity index (χ1) is 18.4. The van der Waals surface area contributed by atoms with Crippen LogP contribution >= 0.6 is 0 Å². The lowest BCUT2D eigenvalue weighted by atomic mass is 9.87. The Morgan fingerprint density at radius 2 is 1.67 bits per heavy atom. The zero-order chi connectivity index (χ0) is 28.8. The molecule has 0 bridgehead atoms. The minimum Gasteiger partial charge on any atom is -0.497 e. The van der Waals surface area contributed by atoms with Crippen molar-refractivity contribution in [3.63, 3.8) is 0 Å². The SMILES string of the molecule is COC(=O)c1cc(NS(=O)(=O)c2ccc(C(C)(C)C)cc2)c(Oc2cccc(OC)c2)c(OCC(O)CO)c1. The van der Waals surface area contributed by atoms with E-state index in [9.17, 15) is 23.4 Å². The van der Waals surface area contributed by atoms with Crippen molar-refractivity contribution in [2.24, 2.45) is 0 Å². The summed E-state index contributed by atoms with van der Waals surface area (Å²) < 4.78 is 51.1. The number of nitrogens with one attached hydrogen (secondary N) is 1. The van der Waals surface area contributed by atoms with Gasteiger partial charge in [0.05, 0.1) is 37.0 Å². The second kappa shape index (κ2) is 12.4. The minimum absolute atomic E-state index is 0.00975. The topological polar surface area (TPSA) is 141 Å². The van der Waals surface area contributed by atoms with Gasteiger partial charge in [-0.15, -0.1) is 0 Å². The van der Waals surface area contributed by atoms with Gasteiger partial charge >= 0.3 is 5.97 Å². The van der Waals surface area contributed by atoms with Gasteiger partial charge in [-0.05, 0) is 47.4 Å². The molecule has 1 unspecified atom stereocenters. The molecule has 0 amide bonds. The van der Waals surface area contributed by atoms with Gasteiger partial charge in [-0.3, -0.25) is 4.72 Å². The molecule has 0 saturated heterocycles. The lowest BCUT2D eigenvalue weighted by molar-refractivity contribution is 0.0526. The molecule has 0 aromatic heterocycles. The number of ether oxygens (including phenoxy) is 4. The number of carbonyl (C=O) groups is 1. The first kappa shape index (κ1) is 29.8. The molecular weight excluding hydrogens is 526 g/mol. The van der Waals surface area contributed by atoms with Crippen LogP contribution < -0.4 is 18.9 Å². The van der Waals surface area contributed by atoms with Gasteiger partial charge in [0.25, 0.3) is 10.0 Å². The highest BCUT2D eigenvalue weighted by molar-refractivity contribution is 7.92. The second-order valence-corrected chi connectivity index (χ2v) is 11.3. The summed E-state index contributed by atoms with van der Waals surface area (Å²) in [4.78, 5) is 12.4. The van der Waals surface area contributed by atoms with Crippen LogP contribution in [0.15, 0.2) is 65.6 Å². The van der Waals surface area contributed by atoms with Crippen molar-refractivity contribution in [1.82, 2.24) is 0 Å². The highest BCUT2D eigenvalue weighted by atomic mass is 32.2. The van der Waals surface area contributed by atoms with E-state index in [0.717, 1.165) is 5.56 Å². The number of methoxy groups -OCH3 is 2. The number of hydrogen-bond donors (Lipinski definition) is 3. The molecule has 0 spiro atoms. The Hall–Kier alpha value is -3.80. The summed E-state index contributed by atoms with van der Waals surface area (Å²) in [5.41, 5.74) is 0.626. The lowest BCUT2D eigenvalue weighted by Crippen LogP contribution is -2.22. The first-order valence-electron chi connectivity index (χ1n) is 12.0. The Bertz CT molecular complexity index is 1400. The number of aliphatic hydroxyl groups is 2. The van der Waals surface area contributed by atoms with Crippen molar-refractivity contribution in [3.8, 4) is 23.0 Å². The van der Waals surface area contributed by atoms with Crippen LogP contribution in [-0.2, 0) is 20.2 Å². The molecule has 210 valence electrons. The monoisotopic (exact) mass is 559 g/mol. The molecule has 3 N–H and O–H groups in total. The van der Waals surface area contributed by atoms with Crippen molar-refractivity contribution in [3.05, 3.63) is 71.8 Å². The fraction of sp³-hybridized carbons (Fsp3) is 0.321. The van der Waals surface area contributed by atoms with Gasteiger partial charge in [0.15, 0.2) is 11.5 Å². The third-order valence-electron chi connectivity index (χ3n) is 5.65. The molecule has 0 radical (unpaired) electrons. The number of anilines is 1. The summed E-state index contributed by atoms with van der Waals surface area (Å²) in [6.07, 6.45) is -1.24. The number of carbonyl (C=O) groups excluding carboxylic acids is 1. The predicted molar refractivity (Wildman–Crippen MR) is 145 cm³/mol. The highest BCUT2D eigenvalue weighted by Crippen LogP contribution is 2.42. The van der Waals surface area contributed by atoms with E-state index in [2.05, 4.69) is 4.72 Å². The molecule has 3 aromatic rings. The molecule has 10 nitrogen and oxygen atoms in total. The van der Waals surface area contributed by atoms with Crippen LogP contribution in [0.5, 0.6) is 23.0 Å². The number of esters is 1. The number of sulfonamides is 1. The summed E-state index contributed by atoms with van der Waals surface area (Å²) in [6.45, 7) is 5.11. The smallest absolute Gasteiger partial charge is 0.338 e. The number of aliphatic hydroxyl groups excluding tert-OH is 2. The zero-order valence-corrected chi connectivity index (χ0v) is 23.2. The summed E-state index contributed by atoms with van der Waals surface area (Å²) in [6, 6.07) is 15.6. The van der Waals surface area contributed by atoms with Crippen LogP contribution in [0.25, 0.3) is 0 Å². The summed E-state index contributed by atoms with van der Waals surface area (Å²) in [5.74, 6) is -0.156. The van der Waals surface area contributed by atoms with Crippen LogP contribution in [0.2, 0.25) is 0 Å². The molecule has 0 saturated carbocycles. The Labute approximate surface area is 228 Å². The largest absolute Gasteiger partial charge is 0.497 e. The number of benzene rings is 3. The van der Waals surface area contributed by atoms with E-state index in [-0.39, 0.29) is 45.4 Å². The van der Waals surface area contributed by atoms with E-state index in [1.54, 1.807) is 36.4 Å². The van der Waals surface area contributed by atoms with Crippen molar-refractivity contribution in [2.75, 3.05) is 32.2 Å². The van der Waals surface area contributed by atoms with E-state index in [0.29, 0.717) is 5.75 Å². The molecule has 11 heteroatoms. The van der Waals surface area contributed by atoms with Crippen LogP contribution in [0.4, 0.5) is 5.69 Å². The average molecular weight is 560 g/mol. The lowest BCUT2D eigenvalue weighted by Gasteiger charge is -2.21. The standard InChI is InChI=1S/C28H33NO9S/c1-28(2,3)19-9-11-23(12-10-19)39(33,34)29-24-13-18(27(32)36-5)14-25(37-17-20(31)16-30)26(24)38-22-8-6-7-21(15-22)35-4/h6-15,20,29-31H,16-17H2,1-5H3. The van der Waals surface area contributed by atoms with Gasteiger partial charge in [0, 0.05) is 6.07 Å². The van der Waals surface area contributed by atoms with Crippen molar-refractivity contribution < 1.29 is 42.4 Å². The fourth-order valence-corrected chi connectivity index (χ4v) is 4.54. The molecule has 0 fully saturated rings. The molecule has 0 aliphatic heterocycles. The summed E-state index contributed by atoms with van der Waals surface area (Å²) in [5, 5.41) is 19.1. The van der Waals surface area contributed by atoms with Gasteiger partial charge in [0.1, 0.15) is 24.2 Å². The first-order valence-corrected chi connectivity index (χ1v) is 13.5. The van der Waals surface area contributed by atoms with E-state index in [1.165, 1.54) is 38.5 Å². The van der Waals surface area contributed by atoms with E-state index in [1.807, 2.05) is 20.8 Å². The Kier molecular flexibility index (Phi) is 9.44. The van der Waals surface area contributed by atoms with E-state index in [4.69, 9.17) is 18.9 Å². The van der Waals surface area contributed by atoms with Gasteiger partial charge in [-0.1, -0.05) is 39.0 Å². The number of hydrogen-bond acceptors (Lipinski definition) is 9. The van der Waals surface area contributed by atoms with E-state index < -0.39 is 28.7 Å². The summed E-state index contributed by atoms with van der Waals surface area (Å²) >= 11 is 0. The Balaban J connectivity index is 2.13. The second-order valence-electron chi connectivity index (χ2n) is 9.65. The van der Waals surface area contributed by atoms with Crippen molar-refractivity contribution in [1.29, 1.82) is 0 Å². The molecular formula is C28H33NO9S. The molecule has 0 aliphatic rings. The quantitative estimate of drug-likeness (QED) is 0.296. The molecule has 0 aliphatic carbocycles. The Morgan fingerprint density at radius 1 is 1.00 bits per heavy atom. The minimum atomic E-state index is -4.16. The van der Waals surface area contributed by atoms with Crippen LogP contribution in [-0.4, -0.2) is 58.1 Å². The maximum absolute atomic E-state index is 13.4. The third kappa shape index (κ3) is 7.62. The predicted octanol–water partition coefficient (Wildman–Crippen LogP) is 4.10. The van der Waals surface area contributed by atoms with E-state index >= 15 is 0 Å². The van der Waals surface area contributed by atoms with Gasteiger partial charge in [-0.2, -0.15) is 0 Å². The van der Waals surface area contributed by atoms with Crippen LogP contribution in [0.3, 0.4) is 0 Å². The normalized spacial score (nSPS) is 12.4. The molecule has 39 heavy (non-hydrogen) atoms.